The molecule has 0 spiro atoms. The van der Waals surface area contributed by atoms with Crippen LogP contribution in [0.4, 0.5) is 4.79 Å². The minimum absolute atomic E-state index is 0.229. The fourth-order valence-electron chi connectivity index (χ4n) is 3.10. The highest BCUT2D eigenvalue weighted by Gasteiger charge is 2.44. The first-order valence-electron chi connectivity index (χ1n) is 6.45. The molecule has 3 atom stereocenters. The van der Waals surface area contributed by atoms with Crippen molar-refractivity contribution in [2.75, 3.05) is 32.7 Å². The number of hydrogen-bond acceptors (Lipinski definition) is 2. The standard InChI is InChI=1S/C12H23N3O/c1-4-14(5-2)12(16)15-8-10-6-13-7-11(10)9(15)3/h9-11,13H,4-8H2,1-3H3. The third kappa shape index (κ3) is 1.79. The summed E-state index contributed by atoms with van der Waals surface area (Å²) in [5, 5.41) is 3.42. The van der Waals surface area contributed by atoms with Crippen LogP contribution in [0, 0.1) is 11.8 Å². The molecule has 92 valence electrons. The van der Waals surface area contributed by atoms with E-state index in [4.69, 9.17) is 0 Å². The molecule has 3 unspecified atom stereocenters. The Morgan fingerprint density at radius 3 is 2.62 bits per heavy atom. The number of rotatable bonds is 2. The van der Waals surface area contributed by atoms with Crippen LogP contribution in [0.25, 0.3) is 0 Å². The first-order chi connectivity index (χ1) is 7.69. The Morgan fingerprint density at radius 2 is 2.06 bits per heavy atom. The summed E-state index contributed by atoms with van der Waals surface area (Å²) in [6, 6.07) is 0.625. The number of nitrogens with zero attached hydrogens (tertiary/aromatic N) is 2. The maximum Gasteiger partial charge on any atom is 0.320 e. The number of fused-ring (bicyclic) bond motifs is 1. The van der Waals surface area contributed by atoms with Crippen molar-refractivity contribution in [1.29, 1.82) is 0 Å². The maximum atomic E-state index is 12.3. The van der Waals surface area contributed by atoms with Crippen molar-refractivity contribution < 1.29 is 4.79 Å². The third-order valence-electron chi connectivity index (χ3n) is 4.21. The summed E-state index contributed by atoms with van der Waals surface area (Å²) in [5.41, 5.74) is 0. The van der Waals surface area contributed by atoms with Gasteiger partial charge in [-0.25, -0.2) is 4.79 Å². The van der Waals surface area contributed by atoms with E-state index in [1.807, 2.05) is 18.7 Å². The highest BCUT2D eigenvalue weighted by Crippen LogP contribution is 2.32. The summed E-state index contributed by atoms with van der Waals surface area (Å²) in [6.45, 7) is 11.0. The number of carbonyl (C=O) groups excluding carboxylic acids is 1. The molecule has 0 aromatic heterocycles. The van der Waals surface area contributed by atoms with Crippen LogP contribution in [-0.4, -0.2) is 54.6 Å². The number of urea groups is 1. The van der Waals surface area contributed by atoms with Crippen LogP contribution >= 0.6 is 0 Å². The zero-order valence-corrected chi connectivity index (χ0v) is 10.6. The molecule has 2 amide bonds. The predicted molar refractivity (Wildman–Crippen MR) is 64.3 cm³/mol. The number of carbonyl (C=O) groups is 1. The van der Waals surface area contributed by atoms with E-state index in [1.165, 1.54) is 0 Å². The quantitative estimate of drug-likeness (QED) is 0.760. The molecule has 2 rings (SSSR count). The van der Waals surface area contributed by atoms with E-state index in [0.717, 1.165) is 32.7 Å². The van der Waals surface area contributed by atoms with E-state index in [2.05, 4.69) is 17.1 Å². The van der Waals surface area contributed by atoms with Crippen LogP contribution in [0.3, 0.4) is 0 Å². The molecule has 0 saturated carbocycles. The van der Waals surface area contributed by atoms with Gasteiger partial charge >= 0.3 is 6.03 Å². The summed E-state index contributed by atoms with van der Waals surface area (Å²) < 4.78 is 0. The number of likely N-dealkylation sites (tertiary alicyclic amines) is 1. The van der Waals surface area contributed by atoms with Gasteiger partial charge < -0.3 is 15.1 Å². The van der Waals surface area contributed by atoms with Gasteiger partial charge in [-0.3, -0.25) is 0 Å². The Labute approximate surface area is 98.0 Å². The van der Waals surface area contributed by atoms with Crippen LogP contribution in [0.15, 0.2) is 0 Å². The van der Waals surface area contributed by atoms with Gasteiger partial charge in [0.25, 0.3) is 0 Å². The lowest BCUT2D eigenvalue weighted by Crippen LogP contribution is -2.46. The van der Waals surface area contributed by atoms with Crippen molar-refractivity contribution in [3.05, 3.63) is 0 Å². The summed E-state index contributed by atoms with van der Waals surface area (Å²) in [4.78, 5) is 16.3. The zero-order chi connectivity index (χ0) is 11.7. The topological polar surface area (TPSA) is 35.6 Å². The molecule has 0 aliphatic carbocycles. The molecular weight excluding hydrogens is 202 g/mol. The van der Waals surface area contributed by atoms with Crippen molar-refractivity contribution >= 4 is 6.03 Å². The fourth-order valence-corrected chi connectivity index (χ4v) is 3.10. The summed E-state index contributed by atoms with van der Waals surface area (Å²) >= 11 is 0. The molecule has 0 aromatic carbocycles. The van der Waals surface area contributed by atoms with Gasteiger partial charge in [-0.1, -0.05) is 0 Å². The summed E-state index contributed by atoms with van der Waals surface area (Å²) in [6.07, 6.45) is 0. The smallest absolute Gasteiger partial charge is 0.320 e. The molecule has 0 bridgehead atoms. The second kappa shape index (κ2) is 4.62. The molecule has 16 heavy (non-hydrogen) atoms. The van der Waals surface area contributed by atoms with Crippen LogP contribution in [0.1, 0.15) is 20.8 Å². The molecule has 0 aromatic rings. The summed E-state index contributed by atoms with van der Waals surface area (Å²) in [5.74, 6) is 1.34. The van der Waals surface area contributed by atoms with Crippen LogP contribution < -0.4 is 5.32 Å². The van der Waals surface area contributed by atoms with Gasteiger partial charge in [0.15, 0.2) is 0 Å². The molecule has 2 aliphatic rings. The highest BCUT2D eigenvalue weighted by atomic mass is 16.2. The van der Waals surface area contributed by atoms with Gasteiger partial charge in [0.1, 0.15) is 0 Å². The third-order valence-corrected chi connectivity index (χ3v) is 4.21. The lowest BCUT2D eigenvalue weighted by molar-refractivity contribution is 0.150. The first-order valence-corrected chi connectivity index (χ1v) is 6.45. The van der Waals surface area contributed by atoms with Gasteiger partial charge in [-0.05, 0) is 32.6 Å². The normalized spacial score (nSPS) is 32.9. The highest BCUT2D eigenvalue weighted by molar-refractivity contribution is 5.75. The fraction of sp³-hybridized carbons (Fsp3) is 0.917. The van der Waals surface area contributed by atoms with Crippen molar-refractivity contribution in [2.45, 2.75) is 26.8 Å². The minimum atomic E-state index is 0.229. The average molecular weight is 225 g/mol. The predicted octanol–water partition coefficient (Wildman–Crippen LogP) is 0.988. The van der Waals surface area contributed by atoms with E-state index in [9.17, 15) is 4.79 Å². The first kappa shape index (κ1) is 11.7. The molecule has 2 fully saturated rings. The lowest BCUT2D eigenvalue weighted by atomic mass is 9.95. The average Bonchev–Trinajstić information content (AvgIpc) is 2.83. The van der Waals surface area contributed by atoms with E-state index in [-0.39, 0.29) is 6.03 Å². The minimum Gasteiger partial charge on any atom is -0.325 e. The second-order valence-corrected chi connectivity index (χ2v) is 4.93. The zero-order valence-electron chi connectivity index (χ0n) is 10.6. The van der Waals surface area contributed by atoms with Gasteiger partial charge in [-0.15, -0.1) is 0 Å². The Hall–Kier alpha value is -0.770. The molecule has 4 nitrogen and oxygen atoms in total. The number of amides is 2. The Balaban J connectivity index is 2.03. The van der Waals surface area contributed by atoms with Crippen molar-refractivity contribution in [3.8, 4) is 0 Å². The Morgan fingerprint density at radius 1 is 1.38 bits per heavy atom. The van der Waals surface area contributed by atoms with Gasteiger partial charge in [0.05, 0.1) is 0 Å². The van der Waals surface area contributed by atoms with Crippen molar-refractivity contribution in [2.24, 2.45) is 11.8 Å². The summed E-state index contributed by atoms with van der Waals surface area (Å²) in [7, 11) is 0. The van der Waals surface area contributed by atoms with Gasteiger partial charge in [-0.2, -0.15) is 0 Å². The van der Waals surface area contributed by atoms with E-state index in [0.29, 0.717) is 17.9 Å². The number of nitrogens with one attached hydrogen (secondary N) is 1. The lowest BCUT2D eigenvalue weighted by Gasteiger charge is -2.30. The van der Waals surface area contributed by atoms with Crippen LogP contribution in [-0.2, 0) is 0 Å². The molecule has 2 aliphatic heterocycles. The maximum absolute atomic E-state index is 12.3. The molecule has 4 heteroatoms. The van der Waals surface area contributed by atoms with E-state index >= 15 is 0 Å². The van der Waals surface area contributed by atoms with E-state index < -0.39 is 0 Å². The molecule has 0 radical (unpaired) electrons. The molecule has 1 N–H and O–H groups in total. The van der Waals surface area contributed by atoms with Crippen LogP contribution in [0.5, 0.6) is 0 Å². The largest absolute Gasteiger partial charge is 0.325 e. The second-order valence-electron chi connectivity index (χ2n) is 4.93. The Bertz CT molecular complexity index is 265. The monoisotopic (exact) mass is 225 g/mol. The van der Waals surface area contributed by atoms with Crippen molar-refractivity contribution in [1.82, 2.24) is 15.1 Å². The molecule has 2 saturated heterocycles. The van der Waals surface area contributed by atoms with Crippen LogP contribution in [0.2, 0.25) is 0 Å². The number of hydrogen-bond donors (Lipinski definition) is 1. The van der Waals surface area contributed by atoms with Gasteiger partial charge in [0, 0.05) is 38.8 Å². The van der Waals surface area contributed by atoms with E-state index in [1.54, 1.807) is 0 Å². The van der Waals surface area contributed by atoms with Gasteiger partial charge in [0.2, 0.25) is 0 Å². The van der Waals surface area contributed by atoms with Crippen molar-refractivity contribution in [3.63, 3.8) is 0 Å². The Kier molecular flexibility index (Phi) is 3.38. The molecule has 2 heterocycles. The molecular formula is C12H23N3O. The SMILES string of the molecule is CCN(CC)C(=O)N1CC2CNCC2C1C.